The lowest BCUT2D eigenvalue weighted by molar-refractivity contribution is -0.258. The van der Waals surface area contributed by atoms with Crippen LogP contribution in [0.1, 0.15) is 102 Å². The minimum Gasteiger partial charge on any atom is -0.504 e. The van der Waals surface area contributed by atoms with Crippen LogP contribution in [-0.2, 0) is 11.2 Å². The topological polar surface area (TPSA) is 62.2 Å². The van der Waals surface area contributed by atoms with Crippen LogP contribution >= 0.6 is 0 Å². The Morgan fingerprint density at radius 2 is 1.92 bits per heavy atom. The van der Waals surface area contributed by atoms with Crippen LogP contribution in [0.25, 0.3) is 0 Å². The third-order valence-electron chi connectivity index (χ3n) is 10.3. The number of unbranched alkanes of at least 4 members (excludes halogenated alkanes) is 2. The molecule has 0 spiro atoms. The number of aromatic hydroxyl groups is 1. The van der Waals surface area contributed by atoms with E-state index in [1.165, 1.54) is 24.0 Å². The fraction of sp³-hybridized carbons (Fsp3) is 0.806. The summed E-state index contributed by atoms with van der Waals surface area (Å²) in [4.78, 5) is 2.56. The maximum atomic E-state index is 12.0. The van der Waals surface area contributed by atoms with Crippen molar-refractivity contribution in [3.8, 4) is 11.5 Å². The first-order valence-electron chi connectivity index (χ1n) is 14.7. The highest BCUT2D eigenvalue weighted by Crippen LogP contribution is 2.70. The predicted octanol–water partition coefficient (Wildman–Crippen LogP) is 6.05. The number of nitrogens with zero attached hydrogens (tertiary/aromatic N) is 1. The first-order valence-corrected chi connectivity index (χ1v) is 14.7. The lowest BCUT2D eigenvalue weighted by Gasteiger charge is -2.65. The molecule has 0 amide bonds. The lowest BCUT2D eigenvalue weighted by Crippen LogP contribution is -2.71. The van der Waals surface area contributed by atoms with E-state index in [0.29, 0.717) is 5.75 Å². The number of methoxy groups -OCH3 is 1. The van der Waals surface area contributed by atoms with Gasteiger partial charge in [-0.15, -0.1) is 0 Å². The van der Waals surface area contributed by atoms with Gasteiger partial charge in [-0.2, -0.15) is 0 Å². The third kappa shape index (κ3) is 4.27. The van der Waals surface area contributed by atoms with Crippen LogP contribution in [0.3, 0.4) is 0 Å². The van der Waals surface area contributed by atoms with Crippen LogP contribution in [0, 0.1) is 17.3 Å². The quantitative estimate of drug-likeness (QED) is 0.367. The van der Waals surface area contributed by atoms with Crippen LogP contribution in [0.2, 0.25) is 0 Å². The molecule has 6 rings (SSSR count). The Hall–Kier alpha value is -1.30. The van der Waals surface area contributed by atoms with E-state index in [4.69, 9.17) is 9.47 Å². The molecule has 2 bridgehead atoms. The van der Waals surface area contributed by atoms with E-state index in [1.807, 2.05) is 20.1 Å². The van der Waals surface area contributed by atoms with E-state index in [9.17, 15) is 10.2 Å². The van der Waals surface area contributed by atoms with Gasteiger partial charge in [0.1, 0.15) is 11.7 Å². The molecule has 5 nitrogen and oxygen atoms in total. The molecule has 0 radical (unpaired) electrons. The van der Waals surface area contributed by atoms with Crippen molar-refractivity contribution in [2.75, 3.05) is 27.2 Å². The minimum atomic E-state index is -0.817. The fourth-order valence-corrected chi connectivity index (χ4v) is 8.36. The summed E-state index contributed by atoms with van der Waals surface area (Å²) in [6.07, 6.45) is 11.6. The van der Waals surface area contributed by atoms with Crippen molar-refractivity contribution >= 4 is 0 Å². The molecule has 0 aromatic heterocycles. The van der Waals surface area contributed by atoms with Crippen molar-refractivity contribution in [3.63, 3.8) is 0 Å². The van der Waals surface area contributed by atoms with Crippen LogP contribution in [0.4, 0.5) is 0 Å². The average Bonchev–Trinajstić information content (AvgIpc) is 3.56. The van der Waals surface area contributed by atoms with Gasteiger partial charge in [0.25, 0.3) is 0 Å². The molecule has 2 N–H and O–H groups in total. The molecule has 4 aliphatic carbocycles. The molecule has 202 valence electrons. The molecule has 1 aromatic rings. The SMILES string of the molecule is CCCCc1ccc(O)c2c1C1C(O2)C2(OC)CCC1(CN(C)CC1CC1)CC2C(C)(O)CCCC. The van der Waals surface area contributed by atoms with Crippen molar-refractivity contribution in [2.45, 2.75) is 115 Å². The Kier molecular flexibility index (Phi) is 7.15. The van der Waals surface area contributed by atoms with Gasteiger partial charge in [0.15, 0.2) is 11.5 Å². The summed E-state index contributed by atoms with van der Waals surface area (Å²) in [5.74, 6) is 1.96. The second-order valence-corrected chi connectivity index (χ2v) is 13.0. The van der Waals surface area contributed by atoms with Gasteiger partial charge in [0.2, 0.25) is 0 Å². The predicted molar refractivity (Wildman–Crippen MR) is 144 cm³/mol. The van der Waals surface area contributed by atoms with Crippen molar-refractivity contribution in [1.82, 2.24) is 4.90 Å². The second kappa shape index (κ2) is 9.78. The van der Waals surface area contributed by atoms with Gasteiger partial charge < -0.3 is 24.6 Å². The maximum absolute atomic E-state index is 12.0. The van der Waals surface area contributed by atoms with Crippen LogP contribution in [0.15, 0.2) is 12.1 Å². The Bertz CT molecular complexity index is 943. The fourth-order valence-electron chi connectivity index (χ4n) is 8.36. The number of ether oxygens (including phenoxy) is 2. The number of aliphatic hydroxyl groups is 1. The van der Waals surface area contributed by atoms with E-state index >= 15 is 0 Å². The molecule has 1 aromatic carbocycles. The first kappa shape index (κ1) is 26.3. The maximum Gasteiger partial charge on any atom is 0.165 e. The van der Waals surface area contributed by atoms with E-state index in [0.717, 1.165) is 76.8 Å². The van der Waals surface area contributed by atoms with Gasteiger partial charge in [0, 0.05) is 37.6 Å². The Morgan fingerprint density at radius 3 is 2.58 bits per heavy atom. The van der Waals surface area contributed by atoms with Crippen molar-refractivity contribution < 1.29 is 19.7 Å². The zero-order chi connectivity index (χ0) is 25.7. The summed E-state index contributed by atoms with van der Waals surface area (Å²) in [6.45, 7) is 8.63. The molecule has 4 saturated carbocycles. The van der Waals surface area contributed by atoms with Gasteiger partial charge in [0.05, 0.1) is 5.60 Å². The van der Waals surface area contributed by atoms with E-state index in [-0.39, 0.29) is 29.1 Å². The summed E-state index contributed by atoms with van der Waals surface area (Å²) in [5.41, 5.74) is 1.19. The van der Waals surface area contributed by atoms with Crippen LogP contribution < -0.4 is 4.74 Å². The summed E-state index contributed by atoms with van der Waals surface area (Å²) in [7, 11) is 4.11. The Labute approximate surface area is 218 Å². The van der Waals surface area contributed by atoms with Gasteiger partial charge in [-0.25, -0.2) is 0 Å². The molecule has 5 aliphatic rings. The average molecular weight is 500 g/mol. The summed E-state index contributed by atoms with van der Waals surface area (Å²) in [6, 6.07) is 3.96. The zero-order valence-corrected chi connectivity index (χ0v) is 23.3. The van der Waals surface area contributed by atoms with Gasteiger partial charge in [-0.3, -0.25) is 0 Å². The minimum absolute atomic E-state index is 0.00132. The highest BCUT2D eigenvalue weighted by Gasteiger charge is 2.71. The van der Waals surface area contributed by atoms with Crippen LogP contribution in [0.5, 0.6) is 11.5 Å². The van der Waals surface area contributed by atoms with Crippen LogP contribution in [-0.4, -0.2) is 59.7 Å². The highest BCUT2D eigenvalue weighted by molar-refractivity contribution is 5.57. The van der Waals surface area contributed by atoms with Gasteiger partial charge in [-0.05, 0) is 88.3 Å². The summed E-state index contributed by atoms with van der Waals surface area (Å²) in [5, 5.41) is 22.9. The normalized spacial score (nSPS) is 34.4. The number of benzene rings is 1. The molecule has 6 unspecified atom stereocenters. The standard InChI is InChI=1S/C31H49NO4/c1-6-8-10-22-13-14-23(33)27-25(22)26-28(36-27)31(35-5)17-16-30(26,20-32(4)19-21-11-12-21)18-24(31)29(3,34)15-9-7-2/h13-14,21,24,26,28,33-34H,6-12,15-20H2,1-5H3. The number of fused-ring (bicyclic) bond motifs is 3. The monoisotopic (exact) mass is 499 g/mol. The molecule has 6 atom stereocenters. The summed E-state index contributed by atoms with van der Waals surface area (Å²) < 4.78 is 13.3. The smallest absolute Gasteiger partial charge is 0.165 e. The first-order chi connectivity index (χ1) is 17.2. The molecule has 1 aliphatic heterocycles. The van der Waals surface area contributed by atoms with Crippen molar-refractivity contribution in [1.29, 1.82) is 0 Å². The number of aryl methyl sites for hydroxylation is 1. The number of phenols is 1. The second-order valence-electron chi connectivity index (χ2n) is 13.0. The van der Waals surface area contributed by atoms with Gasteiger partial charge in [-0.1, -0.05) is 39.2 Å². The molecular weight excluding hydrogens is 450 g/mol. The van der Waals surface area contributed by atoms with Crippen molar-refractivity contribution in [2.24, 2.45) is 17.3 Å². The largest absolute Gasteiger partial charge is 0.504 e. The highest BCUT2D eigenvalue weighted by atomic mass is 16.6. The van der Waals surface area contributed by atoms with E-state index < -0.39 is 11.2 Å². The molecule has 36 heavy (non-hydrogen) atoms. The van der Waals surface area contributed by atoms with Gasteiger partial charge >= 0.3 is 0 Å². The third-order valence-corrected chi connectivity index (χ3v) is 10.3. The number of hydrogen-bond acceptors (Lipinski definition) is 5. The number of hydrogen-bond donors (Lipinski definition) is 2. The number of rotatable bonds is 12. The molecular formula is C31H49NO4. The molecule has 4 fully saturated rings. The Morgan fingerprint density at radius 1 is 1.17 bits per heavy atom. The molecule has 5 heteroatoms. The molecule has 1 heterocycles. The van der Waals surface area contributed by atoms with E-state index in [2.05, 4.69) is 31.9 Å². The lowest BCUT2D eigenvalue weighted by atomic mass is 9.44. The van der Waals surface area contributed by atoms with E-state index in [1.54, 1.807) is 0 Å². The zero-order valence-electron chi connectivity index (χ0n) is 23.3. The number of phenolic OH excluding ortho intramolecular Hbond substituents is 1. The van der Waals surface area contributed by atoms with Crippen molar-refractivity contribution in [3.05, 3.63) is 23.3 Å². The summed E-state index contributed by atoms with van der Waals surface area (Å²) >= 11 is 0. The molecule has 0 saturated heterocycles. The Balaban J connectivity index is 1.61.